The Morgan fingerprint density at radius 1 is 0.739 bits per heavy atom. The molecule has 0 bridgehead atoms. The fraction of sp³-hybridized carbons (Fsp3) is 0.368. The standard InChI is InChI=1S/C19H22O4/c1-14-15(2)23-19(22-14)16-8-10-18(11-9-16)21-13-12-20-17-6-4-3-5-7-17/h3-11,14-15,19H,12-13H2,1-2H3. The van der Waals surface area contributed by atoms with Crippen LogP contribution in [-0.2, 0) is 9.47 Å². The summed E-state index contributed by atoms with van der Waals surface area (Å²) in [5.41, 5.74) is 1.01. The summed E-state index contributed by atoms with van der Waals surface area (Å²) in [6, 6.07) is 17.5. The van der Waals surface area contributed by atoms with Gasteiger partial charge in [-0.2, -0.15) is 0 Å². The molecule has 2 aromatic carbocycles. The van der Waals surface area contributed by atoms with E-state index in [4.69, 9.17) is 18.9 Å². The van der Waals surface area contributed by atoms with Crippen LogP contribution in [-0.4, -0.2) is 25.4 Å². The fourth-order valence-corrected chi connectivity index (χ4v) is 2.36. The van der Waals surface area contributed by atoms with Crippen molar-refractivity contribution >= 4 is 0 Å². The van der Waals surface area contributed by atoms with Crippen molar-refractivity contribution in [3.8, 4) is 11.5 Å². The normalized spacial score (nSPS) is 23.7. The van der Waals surface area contributed by atoms with Gasteiger partial charge in [0.15, 0.2) is 6.29 Å². The average molecular weight is 314 g/mol. The zero-order valence-electron chi connectivity index (χ0n) is 13.5. The van der Waals surface area contributed by atoms with Crippen LogP contribution in [0.1, 0.15) is 25.7 Å². The molecule has 0 aromatic heterocycles. The van der Waals surface area contributed by atoms with Gasteiger partial charge in [-0.05, 0) is 38.1 Å². The molecule has 0 N–H and O–H groups in total. The van der Waals surface area contributed by atoms with Crippen LogP contribution in [0.2, 0.25) is 0 Å². The molecule has 1 aliphatic rings. The van der Waals surface area contributed by atoms with Crippen LogP contribution in [0.15, 0.2) is 54.6 Å². The van der Waals surface area contributed by atoms with Gasteiger partial charge in [-0.1, -0.05) is 30.3 Å². The summed E-state index contributed by atoms with van der Waals surface area (Å²) in [6.07, 6.45) is -0.0485. The number of para-hydroxylation sites is 1. The molecule has 0 radical (unpaired) electrons. The second-order valence-electron chi connectivity index (χ2n) is 5.59. The van der Waals surface area contributed by atoms with Crippen molar-refractivity contribution in [2.75, 3.05) is 13.2 Å². The maximum absolute atomic E-state index is 5.76. The van der Waals surface area contributed by atoms with Crippen molar-refractivity contribution in [3.05, 3.63) is 60.2 Å². The lowest BCUT2D eigenvalue weighted by molar-refractivity contribution is -0.0653. The molecule has 4 heteroatoms. The van der Waals surface area contributed by atoms with E-state index in [1.807, 2.05) is 68.4 Å². The van der Waals surface area contributed by atoms with Crippen molar-refractivity contribution < 1.29 is 18.9 Å². The predicted molar refractivity (Wildman–Crippen MR) is 87.7 cm³/mol. The van der Waals surface area contributed by atoms with E-state index in [9.17, 15) is 0 Å². The van der Waals surface area contributed by atoms with Gasteiger partial charge in [0, 0.05) is 5.56 Å². The van der Waals surface area contributed by atoms with E-state index < -0.39 is 0 Å². The summed E-state index contributed by atoms with van der Waals surface area (Å²) < 4.78 is 22.8. The number of ether oxygens (including phenoxy) is 4. The molecule has 3 rings (SSSR count). The minimum atomic E-state index is -0.282. The molecule has 122 valence electrons. The molecule has 0 amide bonds. The quantitative estimate of drug-likeness (QED) is 0.756. The molecule has 2 aromatic rings. The van der Waals surface area contributed by atoms with E-state index in [0.29, 0.717) is 13.2 Å². The summed E-state index contributed by atoms with van der Waals surface area (Å²) >= 11 is 0. The van der Waals surface area contributed by atoms with Gasteiger partial charge in [-0.15, -0.1) is 0 Å². The molecule has 23 heavy (non-hydrogen) atoms. The number of rotatable bonds is 6. The Morgan fingerprint density at radius 3 is 1.83 bits per heavy atom. The summed E-state index contributed by atoms with van der Waals surface area (Å²) in [7, 11) is 0. The van der Waals surface area contributed by atoms with Crippen LogP contribution < -0.4 is 9.47 Å². The fourth-order valence-electron chi connectivity index (χ4n) is 2.36. The minimum absolute atomic E-state index is 0.117. The first-order valence-corrected chi connectivity index (χ1v) is 7.94. The molecule has 1 aliphatic heterocycles. The maximum atomic E-state index is 5.76. The van der Waals surface area contributed by atoms with Gasteiger partial charge in [-0.25, -0.2) is 0 Å². The molecular weight excluding hydrogens is 292 g/mol. The Balaban J connectivity index is 1.45. The molecule has 0 aliphatic carbocycles. The number of benzene rings is 2. The zero-order valence-corrected chi connectivity index (χ0v) is 13.5. The van der Waals surface area contributed by atoms with Crippen molar-refractivity contribution in [3.63, 3.8) is 0 Å². The van der Waals surface area contributed by atoms with E-state index in [-0.39, 0.29) is 18.5 Å². The topological polar surface area (TPSA) is 36.9 Å². The van der Waals surface area contributed by atoms with Gasteiger partial charge in [-0.3, -0.25) is 0 Å². The lowest BCUT2D eigenvalue weighted by Gasteiger charge is -2.12. The summed E-state index contributed by atoms with van der Waals surface area (Å²) in [5, 5.41) is 0. The summed E-state index contributed by atoms with van der Waals surface area (Å²) in [5.74, 6) is 1.66. The van der Waals surface area contributed by atoms with Gasteiger partial charge < -0.3 is 18.9 Å². The lowest BCUT2D eigenvalue weighted by Crippen LogP contribution is -2.13. The molecule has 2 atom stereocenters. The van der Waals surface area contributed by atoms with Gasteiger partial charge in [0.2, 0.25) is 0 Å². The van der Waals surface area contributed by atoms with Crippen LogP contribution >= 0.6 is 0 Å². The average Bonchev–Trinajstić information content (AvgIpc) is 2.92. The van der Waals surface area contributed by atoms with Crippen molar-refractivity contribution in [2.45, 2.75) is 32.3 Å². The predicted octanol–water partition coefficient (Wildman–Crippen LogP) is 3.97. The van der Waals surface area contributed by atoms with Gasteiger partial charge in [0.25, 0.3) is 0 Å². The lowest BCUT2D eigenvalue weighted by atomic mass is 10.2. The monoisotopic (exact) mass is 314 g/mol. The first kappa shape index (κ1) is 15.8. The third-order valence-electron chi connectivity index (χ3n) is 3.85. The number of hydrogen-bond acceptors (Lipinski definition) is 4. The highest BCUT2D eigenvalue weighted by atomic mass is 16.7. The molecule has 1 fully saturated rings. The highest BCUT2D eigenvalue weighted by Gasteiger charge is 2.30. The molecule has 0 saturated carbocycles. The largest absolute Gasteiger partial charge is 0.490 e. The van der Waals surface area contributed by atoms with E-state index >= 15 is 0 Å². The first-order valence-electron chi connectivity index (χ1n) is 7.94. The summed E-state index contributed by atoms with van der Waals surface area (Å²) in [6.45, 7) is 5.05. The minimum Gasteiger partial charge on any atom is -0.490 e. The molecule has 1 heterocycles. The second-order valence-corrected chi connectivity index (χ2v) is 5.59. The smallest absolute Gasteiger partial charge is 0.184 e. The SMILES string of the molecule is CC1OC(c2ccc(OCCOc3ccccc3)cc2)OC1C. The zero-order chi connectivity index (χ0) is 16.1. The molecule has 4 nitrogen and oxygen atoms in total. The van der Waals surface area contributed by atoms with Crippen molar-refractivity contribution in [1.82, 2.24) is 0 Å². The van der Waals surface area contributed by atoms with Crippen LogP contribution in [0, 0.1) is 0 Å². The van der Waals surface area contributed by atoms with E-state index in [0.717, 1.165) is 17.1 Å². The third-order valence-corrected chi connectivity index (χ3v) is 3.85. The second kappa shape index (κ2) is 7.49. The van der Waals surface area contributed by atoms with Crippen LogP contribution in [0.4, 0.5) is 0 Å². The van der Waals surface area contributed by atoms with Crippen molar-refractivity contribution in [2.24, 2.45) is 0 Å². The van der Waals surface area contributed by atoms with E-state index in [1.165, 1.54) is 0 Å². The number of hydrogen-bond donors (Lipinski definition) is 0. The summed E-state index contributed by atoms with van der Waals surface area (Å²) in [4.78, 5) is 0. The Morgan fingerprint density at radius 2 is 1.26 bits per heavy atom. The maximum Gasteiger partial charge on any atom is 0.184 e. The Kier molecular flexibility index (Phi) is 5.16. The van der Waals surface area contributed by atoms with Gasteiger partial charge >= 0.3 is 0 Å². The van der Waals surface area contributed by atoms with Gasteiger partial charge in [0.05, 0.1) is 12.2 Å². The highest BCUT2D eigenvalue weighted by Crippen LogP contribution is 2.31. The van der Waals surface area contributed by atoms with Gasteiger partial charge in [0.1, 0.15) is 24.7 Å². The third kappa shape index (κ3) is 4.24. The Labute approximate surface area is 136 Å². The molecule has 2 unspecified atom stereocenters. The molecule has 1 saturated heterocycles. The van der Waals surface area contributed by atoms with Crippen LogP contribution in [0.5, 0.6) is 11.5 Å². The Bertz CT molecular complexity index is 587. The molecule has 0 spiro atoms. The Hall–Kier alpha value is -2.04. The van der Waals surface area contributed by atoms with E-state index in [2.05, 4.69) is 0 Å². The van der Waals surface area contributed by atoms with Crippen LogP contribution in [0.25, 0.3) is 0 Å². The highest BCUT2D eigenvalue weighted by molar-refractivity contribution is 5.28. The molecular formula is C19H22O4. The van der Waals surface area contributed by atoms with Crippen molar-refractivity contribution in [1.29, 1.82) is 0 Å². The first-order chi connectivity index (χ1) is 11.2. The van der Waals surface area contributed by atoms with Crippen LogP contribution in [0.3, 0.4) is 0 Å². The van der Waals surface area contributed by atoms with E-state index in [1.54, 1.807) is 0 Å².